The number of nitrogens with one attached hydrogen (secondary N) is 1. The van der Waals surface area contributed by atoms with Crippen LogP contribution in [0.3, 0.4) is 0 Å². The van der Waals surface area contributed by atoms with Crippen molar-refractivity contribution in [3.05, 3.63) is 53.1 Å². The molecule has 4 rings (SSSR count). The van der Waals surface area contributed by atoms with E-state index in [1.807, 2.05) is 0 Å². The summed E-state index contributed by atoms with van der Waals surface area (Å²) in [5.74, 6) is -1.51. The van der Waals surface area contributed by atoms with Gasteiger partial charge < -0.3 is 10.2 Å². The number of thioether (sulfide) groups is 1. The van der Waals surface area contributed by atoms with Gasteiger partial charge in [-0.1, -0.05) is 0 Å². The van der Waals surface area contributed by atoms with E-state index in [1.165, 1.54) is 22.7 Å². The molecule has 2 aromatic rings. The molecule has 0 unspecified atom stereocenters. The number of rotatable bonds is 1. The Morgan fingerprint density at radius 1 is 1.20 bits per heavy atom. The second-order valence-electron chi connectivity index (χ2n) is 6.00. The molecule has 25 heavy (non-hydrogen) atoms. The van der Waals surface area contributed by atoms with Crippen molar-refractivity contribution in [2.75, 3.05) is 22.5 Å². The Hall–Kier alpha value is -2.41. The Kier molecular flexibility index (Phi) is 3.95. The van der Waals surface area contributed by atoms with E-state index in [4.69, 9.17) is 0 Å². The molecule has 2 amide bonds. The summed E-state index contributed by atoms with van der Waals surface area (Å²) in [5.41, 5.74) is 1.59. The third-order valence-electron chi connectivity index (χ3n) is 4.31. The van der Waals surface area contributed by atoms with Gasteiger partial charge in [0.15, 0.2) is 0 Å². The minimum Gasteiger partial charge on any atom is -0.324 e. The molecule has 0 saturated carbocycles. The van der Waals surface area contributed by atoms with Gasteiger partial charge in [-0.3, -0.25) is 9.59 Å². The van der Waals surface area contributed by atoms with E-state index in [2.05, 4.69) is 5.32 Å². The first-order valence-corrected chi connectivity index (χ1v) is 8.88. The van der Waals surface area contributed by atoms with Crippen LogP contribution in [-0.2, 0) is 11.2 Å². The molecule has 0 aromatic heterocycles. The third-order valence-corrected chi connectivity index (χ3v) is 5.38. The molecule has 0 fully saturated rings. The number of nitrogens with zero attached hydrogens (tertiary/aromatic N) is 1. The lowest BCUT2D eigenvalue weighted by Crippen LogP contribution is -2.36. The van der Waals surface area contributed by atoms with Crippen LogP contribution in [0.25, 0.3) is 0 Å². The summed E-state index contributed by atoms with van der Waals surface area (Å²) < 4.78 is 27.7. The zero-order valence-corrected chi connectivity index (χ0v) is 14.0. The highest BCUT2D eigenvalue weighted by Gasteiger charge is 2.28. The maximum atomic E-state index is 14.3. The molecule has 0 atom stereocenters. The first-order valence-electron chi connectivity index (χ1n) is 7.89. The number of hydrogen-bond donors (Lipinski definition) is 1. The van der Waals surface area contributed by atoms with Crippen molar-refractivity contribution in [1.82, 2.24) is 0 Å². The number of fused-ring (bicyclic) bond motifs is 2. The van der Waals surface area contributed by atoms with Crippen molar-refractivity contribution >= 4 is 35.0 Å². The average Bonchev–Trinajstić information content (AvgIpc) is 2.59. The summed E-state index contributed by atoms with van der Waals surface area (Å²) in [7, 11) is 0. The van der Waals surface area contributed by atoms with E-state index in [-0.39, 0.29) is 17.5 Å². The fourth-order valence-corrected chi connectivity index (χ4v) is 4.02. The quantitative estimate of drug-likeness (QED) is 0.845. The zero-order chi connectivity index (χ0) is 17.6. The molecular weight excluding hydrogens is 346 g/mol. The van der Waals surface area contributed by atoms with Gasteiger partial charge in [-0.15, -0.1) is 11.8 Å². The van der Waals surface area contributed by atoms with Gasteiger partial charge in [0.1, 0.15) is 11.6 Å². The standard InChI is InChI=1S/C18H14F2N2O2S/c19-12-6-10-2-1-5-22(17(10)13(20)8-12)18(24)11-3-4-15-14(7-11)21-16(23)9-25-15/h3-4,6-8H,1-2,5,9H2,(H,21,23). The van der Waals surface area contributed by atoms with Crippen molar-refractivity contribution in [3.8, 4) is 0 Å². The smallest absolute Gasteiger partial charge is 0.258 e. The monoisotopic (exact) mass is 360 g/mol. The Morgan fingerprint density at radius 2 is 2.04 bits per heavy atom. The largest absolute Gasteiger partial charge is 0.324 e. The lowest BCUT2D eigenvalue weighted by atomic mass is 10.00. The number of anilines is 2. The van der Waals surface area contributed by atoms with E-state index < -0.39 is 11.6 Å². The number of carbonyl (C=O) groups is 2. The third kappa shape index (κ3) is 2.89. The molecule has 2 heterocycles. The molecule has 4 nitrogen and oxygen atoms in total. The Balaban J connectivity index is 1.71. The summed E-state index contributed by atoms with van der Waals surface area (Å²) in [5, 5.41) is 2.74. The van der Waals surface area contributed by atoms with Crippen LogP contribution < -0.4 is 10.2 Å². The summed E-state index contributed by atoms with van der Waals surface area (Å²) in [6, 6.07) is 7.13. The van der Waals surface area contributed by atoms with E-state index >= 15 is 0 Å². The number of amides is 2. The summed E-state index contributed by atoms with van der Waals surface area (Å²) in [6.45, 7) is 0.368. The molecule has 2 aliphatic heterocycles. The molecule has 0 saturated heterocycles. The van der Waals surface area contributed by atoms with Crippen molar-refractivity contribution in [3.63, 3.8) is 0 Å². The molecule has 0 aliphatic carbocycles. The fraction of sp³-hybridized carbons (Fsp3) is 0.222. The van der Waals surface area contributed by atoms with Gasteiger partial charge in [0.2, 0.25) is 5.91 Å². The van der Waals surface area contributed by atoms with E-state index in [9.17, 15) is 18.4 Å². The molecule has 0 spiro atoms. The summed E-state index contributed by atoms with van der Waals surface area (Å²) in [6.07, 6.45) is 1.17. The maximum Gasteiger partial charge on any atom is 0.258 e. The molecule has 0 bridgehead atoms. The van der Waals surface area contributed by atoms with Crippen LogP contribution in [-0.4, -0.2) is 24.1 Å². The fourth-order valence-electron chi connectivity index (χ4n) is 3.23. The van der Waals surface area contributed by atoms with Gasteiger partial charge in [0.25, 0.3) is 5.91 Å². The molecule has 0 radical (unpaired) electrons. The minimum atomic E-state index is -0.732. The minimum absolute atomic E-state index is 0.119. The van der Waals surface area contributed by atoms with Gasteiger partial charge in [0, 0.05) is 23.1 Å². The van der Waals surface area contributed by atoms with Crippen molar-refractivity contribution in [2.45, 2.75) is 17.7 Å². The highest BCUT2D eigenvalue weighted by atomic mass is 32.2. The highest BCUT2D eigenvalue weighted by molar-refractivity contribution is 8.00. The molecule has 2 aliphatic rings. The van der Waals surface area contributed by atoms with Crippen LogP contribution in [0.2, 0.25) is 0 Å². The second kappa shape index (κ2) is 6.15. The van der Waals surface area contributed by atoms with E-state index in [1.54, 1.807) is 18.2 Å². The van der Waals surface area contributed by atoms with Crippen LogP contribution in [0.1, 0.15) is 22.3 Å². The average molecular weight is 360 g/mol. The normalized spacial score (nSPS) is 16.1. The van der Waals surface area contributed by atoms with Crippen LogP contribution in [0, 0.1) is 11.6 Å². The predicted molar refractivity (Wildman–Crippen MR) is 92.2 cm³/mol. The number of hydrogen-bond acceptors (Lipinski definition) is 3. The molecule has 2 aromatic carbocycles. The Labute approximate surface area is 147 Å². The van der Waals surface area contributed by atoms with E-state index in [0.717, 1.165) is 11.0 Å². The second-order valence-corrected chi connectivity index (χ2v) is 7.02. The van der Waals surface area contributed by atoms with Gasteiger partial charge >= 0.3 is 0 Å². The zero-order valence-electron chi connectivity index (χ0n) is 13.1. The maximum absolute atomic E-state index is 14.3. The van der Waals surface area contributed by atoms with Crippen LogP contribution >= 0.6 is 11.8 Å². The van der Waals surface area contributed by atoms with Crippen LogP contribution in [0.5, 0.6) is 0 Å². The first-order chi connectivity index (χ1) is 12.0. The predicted octanol–water partition coefficient (Wildman–Crippen LogP) is 3.60. The number of aryl methyl sites for hydroxylation is 1. The molecule has 1 N–H and O–H groups in total. The summed E-state index contributed by atoms with van der Waals surface area (Å²) in [4.78, 5) is 26.7. The lowest BCUT2D eigenvalue weighted by molar-refractivity contribution is -0.113. The topological polar surface area (TPSA) is 49.4 Å². The van der Waals surface area contributed by atoms with Gasteiger partial charge in [-0.05, 0) is 42.7 Å². The molecule has 128 valence electrons. The van der Waals surface area contributed by atoms with Gasteiger partial charge in [-0.25, -0.2) is 8.78 Å². The van der Waals surface area contributed by atoms with Crippen molar-refractivity contribution < 1.29 is 18.4 Å². The molecule has 7 heteroatoms. The molecular formula is C18H14F2N2O2S. The first kappa shape index (κ1) is 16.1. The Morgan fingerprint density at radius 3 is 2.88 bits per heavy atom. The Bertz CT molecular complexity index is 901. The van der Waals surface area contributed by atoms with Crippen LogP contribution in [0.4, 0.5) is 20.2 Å². The lowest BCUT2D eigenvalue weighted by Gasteiger charge is -2.30. The van der Waals surface area contributed by atoms with Crippen molar-refractivity contribution in [2.24, 2.45) is 0 Å². The SMILES string of the molecule is O=C1CSc2ccc(C(=O)N3CCCc4cc(F)cc(F)c43)cc2N1. The van der Waals surface area contributed by atoms with Crippen LogP contribution in [0.15, 0.2) is 35.2 Å². The van der Waals surface area contributed by atoms with Gasteiger partial charge in [-0.2, -0.15) is 0 Å². The summed E-state index contributed by atoms with van der Waals surface area (Å²) >= 11 is 1.41. The van der Waals surface area contributed by atoms with Gasteiger partial charge in [0.05, 0.1) is 17.1 Å². The van der Waals surface area contributed by atoms with Crippen molar-refractivity contribution in [1.29, 1.82) is 0 Å². The number of halogens is 2. The van der Waals surface area contributed by atoms with E-state index in [0.29, 0.717) is 42.0 Å². The highest BCUT2D eigenvalue weighted by Crippen LogP contribution is 2.35. The number of benzene rings is 2. The number of carbonyl (C=O) groups excluding carboxylic acids is 2.